The highest BCUT2D eigenvalue weighted by Crippen LogP contribution is 2.26. The van der Waals surface area contributed by atoms with Crippen LogP contribution < -0.4 is 9.47 Å². The minimum atomic E-state index is 0.469. The molecule has 3 aromatic rings. The van der Waals surface area contributed by atoms with Crippen molar-refractivity contribution >= 4 is 11.8 Å². The first-order chi connectivity index (χ1) is 11.8. The predicted molar refractivity (Wildman–Crippen MR) is 90.6 cm³/mol. The van der Waals surface area contributed by atoms with Crippen LogP contribution in [0.5, 0.6) is 11.5 Å². The van der Waals surface area contributed by atoms with Gasteiger partial charge in [0.05, 0.1) is 25.0 Å². The summed E-state index contributed by atoms with van der Waals surface area (Å²) in [7, 11) is 0. The zero-order chi connectivity index (χ0) is 16.8. The Hall–Kier alpha value is -2.41. The van der Waals surface area contributed by atoms with E-state index in [9.17, 15) is 0 Å². The average Bonchev–Trinajstić information content (AvgIpc) is 3.22. The SMILES string of the molecule is CCOc1ccc(OCCSc2nnc(-c3ccoc3C)o2)cc1. The second-order valence-corrected chi connectivity index (χ2v) is 5.91. The first kappa shape index (κ1) is 16.4. The molecule has 0 amide bonds. The van der Waals surface area contributed by atoms with E-state index < -0.39 is 0 Å². The summed E-state index contributed by atoms with van der Waals surface area (Å²) in [4.78, 5) is 0. The van der Waals surface area contributed by atoms with Crippen LogP contribution in [-0.2, 0) is 0 Å². The number of nitrogens with zero attached hydrogens (tertiary/aromatic N) is 2. The number of aryl methyl sites for hydroxylation is 1. The summed E-state index contributed by atoms with van der Waals surface area (Å²) in [6.07, 6.45) is 1.60. The molecule has 0 spiro atoms. The number of thioether (sulfide) groups is 1. The maximum atomic E-state index is 5.68. The van der Waals surface area contributed by atoms with Gasteiger partial charge in [0.1, 0.15) is 17.3 Å². The molecule has 126 valence electrons. The summed E-state index contributed by atoms with van der Waals surface area (Å²) < 4.78 is 21.9. The molecule has 7 heteroatoms. The van der Waals surface area contributed by atoms with Gasteiger partial charge in [0.25, 0.3) is 11.1 Å². The number of ether oxygens (including phenoxy) is 2. The number of furan rings is 1. The van der Waals surface area contributed by atoms with Crippen LogP contribution in [0, 0.1) is 6.92 Å². The van der Waals surface area contributed by atoms with Gasteiger partial charge in [-0.3, -0.25) is 0 Å². The third-order valence-electron chi connectivity index (χ3n) is 3.21. The molecule has 0 fully saturated rings. The highest BCUT2D eigenvalue weighted by Gasteiger charge is 2.13. The Labute approximate surface area is 144 Å². The maximum absolute atomic E-state index is 5.68. The van der Waals surface area contributed by atoms with Gasteiger partial charge in [0.2, 0.25) is 0 Å². The van der Waals surface area contributed by atoms with Gasteiger partial charge in [-0.05, 0) is 44.2 Å². The number of benzene rings is 1. The molecule has 0 radical (unpaired) electrons. The third kappa shape index (κ3) is 4.11. The summed E-state index contributed by atoms with van der Waals surface area (Å²) in [5, 5.41) is 8.57. The standard InChI is InChI=1S/C17H18N2O4S/c1-3-20-13-4-6-14(7-5-13)22-10-11-24-17-19-18-16(23-17)15-8-9-21-12(15)2/h4-9H,3,10-11H2,1-2H3. The van der Waals surface area contributed by atoms with Gasteiger partial charge in [-0.2, -0.15) is 0 Å². The second-order valence-electron chi connectivity index (χ2n) is 4.86. The minimum Gasteiger partial charge on any atom is -0.494 e. The van der Waals surface area contributed by atoms with Crippen molar-refractivity contribution in [2.75, 3.05) is 19.0 Å². The molecular weight excluding hydrogens is 328 g/mol. The zero-order valence-corrected chi connectivity index (χ0v) is 14.3. The lowest BCUT2D eigenvalue weighted by molar-refractivity contribution is 0.332. The van der Waals surface area contributed by atoms with E-state index in [1.165, 1.54) is 11.8 Å². The largest absolute Gasteiger partial charge is 0.494 e. The van der Waals surface area contributed by atoms with Gasteiger partial charge in [-0.1, -0.05) is 11.8 Å². The molecule has 0 bridgehead atoms. The van der Waals surface area contributed by atoms with Crippen LogP contribution >= 0.6 is 11.8 Å². The highest BCUT2D eigenvalue weighted by molar-refractivity contribution is 7.99. The Morgan fingerprint density at radius 1 is 1.04 bits per heavy atom. The summed E-state index contributed by atoms with van der Waals surface area (Å²) in [6.45, 7) is 5.01. The van der Waals surface area contributed by atoms with Gasteiger partial charge in [-0.25, -0.2) is 0 Å². The van der Waals surface area contributed by atoms with E-state index in [0.717, 1.165) is 22.8 Å². The molecule has 2 heterocycles. The van der Waals surface area contributed by atoms with Crippen molar-refractivity contribution in [2.45, 2.75) is 19.1 Å². The Morgan fingerprint density at radius 2 is 1.79 bits per heavy atom. The molecule has 0 saturated carbocycles. The van der Waals surface area contributed by atoms with Crippen molar-refractivity contribution in [3.05, 3.63) is 42.4 Å². The maximum Gasteiger partial charge on any atom is 0.276 e. The summed E-state index contributed by atoms with van der Waals surface area (Å²) in [6, 6.07) is 9.38. The second kappa shape index (κ2) is 7.92. The summed E-state index contributed by atoms with van der Waals surface area (Å²) in [5.74, 6) is 3.58. The van der Waals surface area contributed by atoms with Crippen LogP contribution in [-0.4, -0.2) is 29.2 Å². The van der Waals surface area contributed by atoms with Crippen LogP contribution in [0.15, 0.2) is 50.7 Å². The van der Waals surface area contributed by atoms with Crippen LogP contribution in [0.1, 0.15) is 12.7 Å². The summed E-state index contributed by atoms with van der Waals surface area (Å²) in [5.41, 5.74) is 0.819. The van der Waals surface area contributed by atoms with Crippen LogP contribution in [0.4, 0.5) is 0 Å². The smallest absolute Gasteiger partial charge is 0.276 e. The van der Waals surface area contributed by atoms with Gasteiger partial charge in [0.15, 0.2) is 0 Å². The minimum absolute atomic E-state index is 0.469. The first-order valence-corrected chi connectivity index (χ1v) is 8.61. The van der Waals surface area contributed by atoms with E-state index >= 15 is 0 Å². The molecule has 0 unspecified atom stereocenters. The highest BCUT2D eigenvalue weighted by atomic mass is 32.2. The molecule has 0 atom stereocenters. The topological polar surface area (TPSA) is 70.5 Å². The molecule has 0 aliphatic carbocycles. The fourth-order valence-electron chi connectivity index (χ4n) is 2.07. The molecule has 2 aromatic heterocycles. The number of hydrogen-bond donors (Lipinski definition) is 0. The fourth-order valence-corrected chi connectivity index (χ4v) is 2.65. The van der Waals surface area contributed by atoms with Crippen LogP contribution in [0.3, 0.4) is 0 Å². The van der Waals surface area contributed by atoms with Gasteiger partial charge in [-0.15, -0.1) is 10.2 Å². The van der Waals surface area contributed by atoms with E-state index in [0.29, 0.717) is 30.1 Å². The quantitative estimate of drug-likeness (QED) is 0.447. The molecule has 3 rings (SSSR count). The molecular formula is C17H18N2O4S. The van der Waals surface area contributed by atoms with E-state index in [2.05, 4.69) is 10.2 Å². The molecule has 0 aliphatic rings. The van der Waals surface area contributed by atoms with Crippen LogP contribution in [0.25, 0.3) is 11.5 Å². The van der Waals surface area contributed by atoms with E-state index in [-0.39, 0.29) is 0 Å². The Morgan fingerprint density at radius 3 is 2.46 bits per heavy atom. The van der Waals surface area contributed by atoms with Gasteiger partial charge in [0, 0.05) is 5.75 Å². The number of hydrogen-bond acceptors (Lipinski definition) is 7. The van der Waals surface area contributed by atoms with Crippen molar-refractivity contribution in [3.63, 3.8) is 0 Å². The van der Waals surface area contributed by atoms with Crippen molar-refractivity contribution in [3.8, 4) is 23.0 Å². The van der Waals surface area contributed by atoms with E-state index in [4.69, 9.17) is 18.3 Å². The molecule has 0 aliphatic heterocycles. The molecule has 6 nitrogen and oxygen atoms in total. The third-order valence-corrected chi connectivity index (χ3v) is 3.99. The lowest BCUT2D eigenvalue weighted by atomic mass is 10.3. The lowest BCUT2D eigenvalue weighted by Gasteiger charge is -2.06. The van der Waals surface area contributed by atoms with Gasteiger partial charge >= 0.3 is 0 Å². The van der Waals surface area contributed by atoms with Crippen LogP contribution in [0.2, 0.25) is 0 Å². The van der Waals surface area contributed by atoms with Gasteiger partial charge < -0.3 is 18.3 Å². The lowest BCUT2D eigenvalue weighted by Crippen LogP contribution is -2.00. The van der Waals surface area contributed by atoms with E-state index in [1.807, 2.05) is 44.2 Å². The molecule has 1 aromatic carbocycles. The fraction of sp³-hybridized carbons (Fsp3) is 0.294. The normalized spacial score (nSPS) is 10.8. The number of aromatic nitrogens is 2. The van der Waals surface area contributed by atoms with Crippen molar-refractivity contribution in [1.82, 2.24) is 10.2 Å². The average molecular weight is 346 g/mol. The van der Waals surface area contributed by atoms with Crippen molar-refractivity contribution < 1.29 is 18.3 Å². The van der Waals surface area contributed by atoms with E-state index in [1.54, 1.807) is 6.26 Å². The molecule has 24 heavy (non-hydrogen) atoms. The first-order valence-electron chi connectivity index (χ1n) is 7.62. The molecule has 0 saturated heterocycles. The Kier molecular flexibility index (Phi) is 5.43. The Balaban J connectivity index is 1.45. The molecule has 0 N–H and O–H groups in total. The van der Waals surface area contributed by atoms with Crippen molar-refractivity contribution in [2.24, 2.45) is 0 Å². The Bertz CT molecular complexity index is 767. The predicted octanol–water partition coefficient (Wildman–Crippen LogP) is 4.21. The van der Waals surface area contributed by atoms with Crippen molar-refractivity contribution in [1.29, 1.82) is 0 Å². The number of rotatable bonds is 8. The summed E-state index contributed by atoms with van der Waals surface area (Å²) >= 11 is 1.45. The monoisotopic (exact) mass is 346 g/mol. The zero-order valence-electron chi connectivity index (χ0n) is 13.5.